The second kappa shape index (κ2) is 4.70. The average Bonchev–Trinajstić information content (AvgIpc) is 2.19. The number of amidine groups is 1. The van der Waals surface area contributed by atoms with Gasteiger partial charge in [-0.3, -0.25) is 10.1 Å². The van der Waals surface area contributed by atoms with Gasteiger partial charge in [0.25, 0.3) is 0 Å². The maximum absolute atomic E-state index is 13.0. The standard InChI is InChI=1S/C10H14FN3O2S/c1-6(2)17(15,16)14-9-4-3-7(11)5-8(9)10(12)13/h3-6,14H,1-2H3,(H3,12,13). The van der Waals surface area contributed by atoms with Gasteiger partial charge >= 0.3 is 0 Å². The number of hydrogen-bond acceptors (Lipinski definition) is 3. The highest BCUT2D eigenvalue weighted by Gasteiger charge is 2.18. The van der Waals surface area contributed by atoms with Gasteiger partial charge < -0.3 is 5.73 Å². The summed E-state index contributed by atoms with van der Waals surface area (Å²) in [5.74, 6) is -0.978. The third kappa shape index (κ3) is 3.16. The minimum absolute atomic E-state index is 0.0224. The molecule has 0 bridgehead atoms. The summed E-state index contributed by atoms with van der Waals surface area (Å²) < 4.78 is 38.5. The molecule has 0 spiro atoms. The molecule has 1 aromatic carbocycles. The molecule has 0 atom stereocenters. The smallest absolute Gasteiger partial charge is 0.235 e. The third-order valence-electron chi connectivity index (χ3n) is 2.14. The van der Waals surface area contributed by atoms with E-state index in [1.807, 2.05) is 0 Å². The number of hydrogen-bond donors (Lipinski definition) is 3. The van der Waals surface area contributed by atoms with E-state index in [-0.39, 0.29) is 11.3 Å². The molecular weight excluding hydrogens is 245 g/mol. The summed E-state index contributed by atoms with van der Waals surface area (Å²) in [5.41, 5.74) is 5.39. The number of rotatable bonds is 4. The predicted molar refractivity (Wildman–Crippen MR) is 65.1 cm³/mol. The van der Waals surface area contributed by atoms with Gasteiger partial charge in [0.15, 0.2) is 0 Å². The molecule has 17 heavy (non-hydrogen) atoms. The number of benzene rings is 1. The zero-order valence-electron chi connectivity index (χ0n) is 9.49. The van der Waals surface area contributed by atoms with E-state index in [0.29, 0.717) is 0 Å². The van der Waals surface area contributed by atoms with Crippen LogP contribution in [-0.2, 0) is 10.0 Å². The van der Waals surface area contributed by atoms with Crippen molar-refractivity contribution in [2.45, 2.75) is 19.1 Å². The van der Waals surface area contributed by atoms with Gasteiger partial charge in [-0.2, -0.15) is 0 Å². The van der Waals surface area contributed by atoms with Crippen molar-refractivity contribution < 1.29 is 12.8 Å². The second-order valence-electron chi connectivity index (χ2n) is 3.80. The lowest BCUT2D eigenvalue weighted by Gasteiger charge is -2.13. The van der Waals surface area contributed by atoms with Crippen molar-refractivity contribution in [3.63, 3.8) is 0 Å². The Morgan fingerprint density at radius 1 is 1.47 bits per heavy atom. The number of nitrogen functional groups attached to an aromatic ring is 1. The Bertz CT molecular complexity index is 540. The Balaban J connectivity index is 3.20. The minimum Gasteiger partial charge on any atom is -0.384 e. The van der Waals surface area contributed by atoms with Gasteiger partial charge in [0.1, 0.15) is 11.7 Å². The van der Waals surface area contributed by atoms with Crippen molar-refractivity contribution in [1.82, 2.24) is 0 Å². The van der Waals surface area contributed by atoms with Crippen molar-refractivity contribution in [3.05, 3.63) is 29.6 Å². The van der Waals surface area contributed by atoms with Crippen molar-refractivity contribution >= 4 is 21.5 Å². The van der Waals surface area contributed by atoms with Crippen LogP contribution in [-0.4, -0.2) is 19.5 Å². The van der Waals surface area contributed by atoms with E-state index in [2.05, 4.69) is 4.72 Å². The molecule has 1 rings (SSSR count). The maximum Gasteiger partial charge on any atom is 0.235 e. The van der Waals surface area contributed by atoms with E-state index in [1.54, 1.807) is 0 Å². The monoisotopic (exact) mass is 259 g/mol. The Hall–Kier alpha value is -1.63. The third-order valence-corrected chi connectivity index (χ3v) is 3.89. The summed E-state index contributed by atoms with van der Waals surface area (Å²) in [6.07, 6.45) is 0. The molecule has 0 heterocycles. The van der Waals surface area contributed by atoms with Gasteiger partial charge in [-0.05, 0) is 32.0 Å². The van der Waals surface area contributed by atoms with Gasteiger partial charge in [-0.25, -0.2) is 12.8 Å². The summed E-state index contributed by atoms with van der Waals surface area (Å²) in [5, 5.41) is 6.63. The molecule has 0 aliphatic carbocycles. The predicted octanol–water partition coefficient (Wildman–Crippen LogP) is 1.26. The van der Waals surface area contributed by atoms with Gasteiger partial charge in [0.2, 0.25) is 10.0 Å². The highest BCUT2D eigenvalue weighted by molar-refractivity contribution is 7.93. The largest absolute Gasteiger partial charge is 0.384 e. The lowest BCUT2D eigenvalue weighted by molar-refractivity contribution is 0.592. The fraction of sp³-hybridized carbons (Fsp3) is 0.300. The fourth-order valence-corrected chi connectivity index (χ4v) is 1.82. The highest BCUT2D eigenvalue weighted by atomic mass is 32.2. The molecule has 7 heteroatoms. The normalized spacial score (nSPS) is 11.5. The van der Waals surface area contributed by atoms with E-state index >= 15 is 0 Å². The SMILES string of the molecule is CC(C)S(=O)(=O)Nc1ccc(F)cc1C(=N)N. The van der Waals surface area contributed by atoms with Crippen LogP contribution < -0.4 is 10.5 Å². The first-order chi connectivity index (χ1) is 7.74. The first-order valence-corrected chi connectivity index (χ1v) is 6.44. The molecule has 0 fully saturated rings. The van der Waals surface area contributed by atoms with Crippen LogP contribution in [0.4, 0.5) is 10.1 Å². The van der Waals surface area contributed by atoms with Gasteiger partial charge in [0, 0.05) is 5.56 Å². The van der Waals surface area contributed by atoms with E-state index in [9.17, 15) is 12.8 Å². The Morgan fingerprint density at radius 3 is 2.53 bits per heavy atom. The summed E-state index contributed by atoms with van der Waals surface area (Å²) in [7, 11) is -3.54. The van der Waals surface area contributed by atoms with E-state index in [1.165, 1.54) is 19.9 Å². The van der Waals surface area contributed by atoms with Gasteiger partial charge in [-0.1, -0.05) is 0 Å². The topological polar surface area (TPSA) is 96.0 Å². The van der Waals surface area contributed by atoms with Crippen molar-refractivity contribution in [3.8, 4) is 0 Å². The molecule has 0 saturated carbocycles. The van der Waals surface area contributed by atoms with Crippen LogP contribution in [0.15, 0.2) is 18.2 Å². The number of sulfonamides is 1. The van der Waals surface area contributed by atoms with Gasteiger partial charge in [-0.15, -0.1) is 0 Å². The molecule has 0 aliphatic heterocycles. The van der Waals surface area contributed by atoms with Crippen molar-refractivity contribution in [1.29, 1.82) is 5.41 Å². The van der Waals surface area contributed by atoms with Gasteiger partial charge in [0.05, 0.1) is 10.9 Å². The molecule has 0 unspecified atom stereocenters. The van der Waals surface area contributed by atoms with Crippen LogP contribution in [0.2, 0.25) is 0 Å². The van der Waals surface area contributed by atoms with Crippen LogP contribution >= 0.6 is 0 Å². The zero-order chi connectivity index (χ0) is 13.2. The summed E-state index contributed by atoms with van der Waals surface area (Å²) in [6.45, 7) is 3.03. The molecule has 94 valence electrons. The molecule has 0 radical (unpaired) electrons. The van der Waals surface area contributed by atoms with Crippen LogP contribution in [0, 0.1) is 11.2 Å². The average molecular weight is 259 g/mol. The molecule has 0 amide bonds. The summed E-state index contributed by atoms with van der Waals surface area (Å²) in [4.78, 5) is 0. The number of nitrogens with one attached hydrogen (secondary N) is 2. The first kappa shape index (κ1) is 13.4. The lowest BCUT2D eigenvalue weighted by atomic mass is 10.1. The molecule has 1 aromatic rings. The molecular formula is C10H14FN3O2S. The first-order valence-electron chi connectivity index (χ1n) is 4.89. The quantitative estimate of drug-likeness (QED) is 0.561. The van der Waals surface area contributed by atoms with Crippen LogP contribution in [0.1, 0.15) is 19.4 Å². The molecule has 0 aromatic heterocycles. The molecule has 4 N–H and O–H groups in total. The number of halogens is 1. The Morgan fingerprint density at radius 2 is 2.06 bits per heavy atom. The van der Waals surface area contributed by atoms with Crippen molar-refractivity contribution in [2.24, 2.45) is 5.73 Å². The Labute approximate surface area is 99.4 Å². The molecule has 5 nitrogen and oxygen atoms in total. The Kier molecular flexibility index (Phi) is 3.72. The van der Waals surface area contributed by atoms with E-state index in [4.69, 9.17) is 11.1 Å². The fourth-order valence-electron chi connectivity index (χ4n) is 1.10. The highest BCUT2D eigenvalue weighted by Crippen LogP contribution is 2.19. The molecule has 0 aliphatic rings. The summed E-state index contributed by atoms with van der Waals surface area (Å²) in [6, 6.07) is 3.36. The van der Waals surface area contributed by atoms with Crippen LogP contribution in [0.3, 0.4) is 0 Å². The minimum atomic E-state index is -3.54. The molecule has 0 saturated heterocycles. The number of anilines is 1. The second-order valence-corrected chi connectivity index (χ2v) is 6.04. The summed E-state index contributed by atoms with van der Waals surface area (Å²) >= 11 is 0. The van der Waals surface area contributed by atoms with E-state index in [0.717, 1.165) is 12.1 Å². The maximum atomic E-state index is 13.0. The van der Waals surface area contributed by atoms with E-state index < -0.39 is 26.9 Å². The number of nitrogens with two attached hydrogens (primary N) is 1. The van der Waals surface area contributed by atoms with Crippen molar-refractivity contribution in [2.75, 3.05) is 4.72 Å². The zero-order valence-corrected chi connectivity index (χ0v) is 10.3. The lowest BCUT2D eigenvalue weighted by Crippen LogP contribution is -2.24. The van der Waals surface area contributed by atoms with Crippen LogP contribution in [0.5, 0.6) is 0 Å². The van der Waals surface area contributed by atoms with Crippen LogP contribution in [0.25, 0.3) is 0 Å².